The number of halogens is 1. The Labute approximate surface area is 162 Å². The highest BCUT2D eigenvalue weighted by molar-refractivity contribution is 6.31. The second kappa shape index (κ2) is 7.61. The van der Waals surface area contributed by atoms with Crippen molar-refractivity contribution in [1.29, 1.82) is 0 Å². The van der Waals surface area contributed by atoms with Crippen molar-refractivity contribution in [3.05, 3.63) is 74.0 Å². The van der Waals surface area contributed by atoms with Crippen molar-refractivity contribution in [3.63, 3.8) is 0 Å². The minimum atomic E-state index is -0.677. The highest BCUT2D eigenvalue weighted by Gasteiger charge is 2.13. The van der Waals surface area contributed by atoms with Gasteiger partial charge in [0.1, 0.15) is 5.75 Å². The van der Waals surface area contributed by atoms with Crippen LogP contribution in [-0.2, 0) is 12.0 Å². The van der Waals surface area contributed by atoms with Gasteiger partial charge in [0.15, 0.2) is 0 Å². The van der Waals surface area contributed by atoms with Crippen LogP contribution in [0.5, 0.6) is 5.75 Å². The summed E-state index contributed by atoms with van der Waals surface area (Å²) in [6.45, 7) is 7.30. The van der Waals surface area contributed by atoms with Gasteiger partial charge in [-0.3, -0.25) is 4.57 Å². The predicted octanol–water partition coefficient (Wildman–Crippen LogP) is 4.37. The van der Waals surface area contributed by atoms with Gasteiger partial charge in [0.25, 0.3) is 0 Å². The summed E-state index contributed by atoms with van der Waals surface area (Å²) >= 11 is 5.93. The molecule has 1 heterocycles. The van der Waals surface area contributed by atoms with Crippen LogP contribution < -0.4 is 16.1 Å². The molecule has 0 aliphatic carbocycles. The van der Waals surface area contributed by atoms with Gasteiger partial charge in [-0.15, -0.1) is 0 Å². The van der Waals surface area contributed by atoms with Crippen molar-refractivity contribution in [1.82, 2.24) is 4.57 Å². The van der Waals surface area contributed by atoms with Crippen molar-refractivity contribution in [2.24, 2.45) is 0 Å². The predicted molar refractivity (Wildman–Crippen MR) is 107 cm³/mol. The molecule has 1 aromatic heterocycles. The highest BCUT2D eigenvalue weighted by atomic mass is 35.5. The molecule has 3 aromatic rings. The fraction of sp³-hybridized carbons (Fsp3) is 0.333. The van der Waals surface area contributed by atoms with Gasteiger partial charge >= 0.3 is 11.4 Å². The van der Waals surface area contributed by atoms with Crippen LogP contribution in [0.15, 0.2) is 56.5 Å². The molecule has 0 fully saturated rings. The number of rotatable bonds is 5. The van der Waals surface area contributed by atoms with E-state index in [1.807, 2.05) is 12.1 Å². The molecule has 6 heteroatoms. The highest BCUT2D eigenvalue weighted by Crippen LogP contribution is 2.24. The molecule has 3 rings (SSSR count). The molecule has 0 saturated carbocycles. The first kappa shape index (κ1) is 19.2. The van der Waals surface area contributed by atoms with E-state index in [2.05, 4.69) is 32.9 Å². The quantitative estimate of drug-likeness (QED) is 0.610. The van der Waals surface area contributed by atoms with Crippen molar-refractivity contribution < 1.29 is 9.15 Å². The Morgan fingerprint density at radius 1 is 1.07 bits per heavy atom. The summed E-state index contributed by atoms with van der Waals surface area (Å²) in [5, 5.41) is 0.711. The van der Waals surface area contributed by atoms with Crippen LogP contribution in [-0.4, -0.2) is 11.2 Å². The molecular formula is C21H22ClNO4. The van der Waals surface area contributed by atoms with Gasteiger partial charge in [0.05, 0.1) is 17.5 Å². The fourth-order valence-electron chi connectivity index (χ4n) is 2.87. The standard InChI is InChI=1S/C21H22ClNO4/c1-21(2,3)14-5-8-16(9-6-14)26-12-4-11-23-18-10-7-15(22)13-17(18)19(24)27-20(23)25/h5-10,13H,4,11-12H2,1-3H3. The summed E-state index contributed by atoms with van der Waals surface area (Å²) in [5.41, 5.74) is 1.17. The van der Waals surface area contributed by atoms with Gasteiger partial charge in [-0.05, 0) is 47.7 Å². The number of aromatic nitrogens is 1. The lowest BCUT2D eigenvalue weighted by Crippen LogP contribution is -2.25. The van der Waals surface area contributed by atoms with E-state index in [9.17, 15) is 9.59 Å². The summed E-state index contributed by atoms with van der Waals surface area (Å²) < 4.78 is 12.0. The zero-order valence-corrected chi connectivity index (χ0v) is 16.4. The third kappa shape index (κ3) is 4.42. The molecule has 0 saturated heterocycles. The first-order chi connectivity index (χ1) is 12.8. The van der Waals surface area contributed by atoms with Crippen LogP contribution in [0.1, 0.15) is 32.8 Å². The summed E-state index contributed by atoms with van der Waals surface area (Å²) in [4.78, 5) is 23.9. The molecule has 0 amide bonds. The number of aryl methyl sites for hydroxylation is 1. The molecule has 2 aromatic carbocycles. The minimum absolute atomic E-state index is 0.0981. The van der Waals surface area contributed by atoms with Crippen molar-refractivity contribution >= 4 is 22.5 Å². The number of nitrogens with zero attached hydrogens (tertiary/aromatic N) is 1. The lowest BCUT2D eigenvalue weighted by molar-refractivity contribution is 0.296. The number of hydrogen-bond acceptors (Lipinski definition) is 4. The van der Waals surface area contributed by atoms with Gasteiger partial charge < -0.3 is 9.15 Å². The van der Waals surface area contributed by atoms with Gasteiger partial charge in [-0.25, -0.2) is 9.59 Å². The lowest BCUT2D eigenvalue weighted by atomic mass is 9.87. The Kier molecular flexibility index (Phi) is 5.42. The number of hydrogen-bond donors (Lipinski definition) is 0. The van der Waals surface area contributed by atoms with Crippen molar-refractivity contribution in [3.8, 4) is 5.75 Å². The van der Waals surface area contributed by atoms with E-state index in [1.165, 1.54) is 16.2 Å². The largest absolute Gasteiger partial charge is 0.494 e. The van der Waals surface area contributed by atoms with E-state index in [4.69, 9.17) is 20.8 Å². The maximum atomic E-state index is 12.1. The molecule has 0 N–H and O–H groups in total. The van der Waals surface area contributed by atoms with Crippen LogP contribution in [0.25, 0.3) is 10.9 Å². The topological polar surface area (TPSA) is 61.4 Å². The molecule has 0 unspecified atom stereocenters. The van der Waals surface area contributed by atoms with Crippen molar-refractivity contribution in [2.75, 3.05) is 6.61 Å². The first-order valence-electron chi connectivity index (χ1n) is 8.82. The van der Waals surface area contributed by atoms with Crippen LogP contribution >= 0.6 is 11.6 Å². The van der Waals surface area contributed by atoms with Gasteiger partial charge in [0, 0.05) is 11.6 Å². The van der Waals surface area contributed by atoms with E-state index >= 15 is 0 Å². The maximum Gasteiger partial charge on any atom is 0.422 e. The Morgan fingerprint density at radius 2 is 1.78 bits per heavy atom. The average Bonchev–Trinajstić information content (AvgIpc) is 2.61. The van der Waals surface area contributed by atoms with E-state index in [-0.39, 0.29) is 5.41 Å². The van der Waals surface area contributed by atoms with E-state index < -0.39 is 11.4 Å². The second-order valence-corrected chi connectivity index (χ2v) is 7.88. The summed E-state index contributed by atoms with van der Waals surface area (Å²) in [7, 11) is 0. The van der Waals surface area contributed by atoms with Gasteiger partial charge in [0.2, 0.25) is 0 Å². The molecule has 0 spiro atoms. The van der Waals surface area contributed by atoms with E-state index in [0.717, 1.165) is 5.75 Å². The fourth-order valence-corrected chi connectivity index (χ4v) is 3.04. The lowest BCUT2D eigenvalue weighted by Gasteiger charge is -2.19. The van der Waals surface area contributed by atoms with E-state index in [0.29, 0.717) is 35.5 Å². The molecule has 0 radical (unpaired) electrons. The number of benzene rings is 2. The minimum Gasteiger partial charge on any atom is -0.494 e. The first-order valence-corrected chi connectivity index (χ1v) is 9.20. The average molecular weight is 388 g/mol. The summed E-state index contributed by atoms with van der Waals surface area (Å²) in [6.07, 6.45) is 0.590. The molecule has 142 valence electrons. The van der Waals surface area contributed by atoms with Crippen molar-refractivity contribution in [2.45, 2.75) is 39.2 Å². The Balaban J connectivity index is 1.68. The zero-order valence-electron chi connectivity index (χ0n) is 15.6. The number of fused-ring (bicyclic) bond motifs is 1. The molecule has 0 atom stereocenters. The van der Waals surface area contributed by atoms with Crippen LogP contribution in [0.2, 0.25) is 5.02 Å². The van der Waals surface area contributed by atoms with Crippen LogP contribution in [0.3, 0.4) is 0 Å². The maximum absolute atomic E-state index is 12.1. The SMILES string of the molecule is CC(C)(C)c1ccc(OCCCn2c(=O)oc(=O)c3cc(Cl)ccc32)cc1. The third-order valence-corrected chi connectivity index (χ3v) is 4.62. The van der Waals surface area contributed by atoms with Crippen LogP contribution in [0.4, 0.5) is 0 Å². The monoisotopic (exact) mass is 387 g/mol. The Hall–Kier alpha value is -2.53. The summed E-state index contributed by atoms with van der Waals surface area (Å²) in [6, 6.07) is 12.8. The molecule has 0 bridgehead atoms. The molecule has 0 aliphatic heterocycles. The second-order valence-electron chi connectivity index (χ2n) is 7.44. The summed E-state index contributed by atoms with van der Waals surface area (Å²) in [5.74, 6) is 0.107. The molecule has 5 nitrogen and oxygen atoms in total. The van der Waals surface area contributed by atoms with Crippen LogP contribution in [0, 0.1) is 0 Å². The number of ether oxygens (including phenoxy) is 1. The Morgan fingerprint density at radius 3 is 2.44 bits per heavy atom. The molecule has 0 aliphatic rings. The normalized spacial score (nSPS) is 11.7. The molecule has 27 heavy (non-hydrogen) atoms. The molecular weight excluding hydrogens is 366 g/mol. The van der Waals surface area contributed by atoms with Gasteiger partial charge in [-0.2, -0.15) is 0 Å². The smallest absolute Gasteiger partial charge is 0.422 e. The third-order valence-electron chi connectivity index (χ3n) is 4.38. The Bertz CT molecular complexity index is 1060. The zero-order chi connectivity index (χ0) is 19.6. The van der Waals surface area contributed by atoms with Gasteiger partial charge in [-0.1, -0.05) is 44.5 Å². The van der Waals surface area contributed by atoms with E-state index in [1.54, 1.807) is 12.1 Å².